The van der Waals surface area contributed by atoms with Crippen molar-refractivity contribution in [1.29, 1.82) is 0 Å². The summed E-state index contributed by atoms with van der Waals surface area (Å²) >= 11 is 0. The van der Waals surface area contributed by atoms with Gasteiger partial charge in [-0.3, -0.25) is 14.9 Å². The maximum atomic E-state index is 12.7. The molecular formula is C21H17NO7. The fourth-order valence-corrected chi connectivity index (χ4v) is 3.36. The molecule has 1 unspecified atom stereocenters. The summed E-state index contributed by atoms with van der Waals surface area (Å²) in [5.74, 6) is -0.210. The molecule has 0 N–H and O–H groups in total. The normalized spacial score (nSPS) is 19.1. The number of benzene rings is 2. The smallest absolute Gasteiger partial charge is 0.340 e. The molecule has 0 aromatic heterocycles. The van der Waals surface area contributed by atoms with E-state index in [2.05, 4.69) is 0 Å². The Morgan fingerprint density at radius 2 is 2.14 bits per heavy atom. The lowest BCUT2D eigenvalue weighted by Crippen LogP contribution is -2.24. The average molecular weight is 395 g/mol. The van der Waals surface area contributed by atoms with Gasteiger partial charge < -0.3 is 14.2 Å². The zero-order chi connectivity index (χ0) is 20.5. The summed E-state index contributed by atoms with van der Waals surface area (Å²) in [6.45, 7) is 2.26. The maximum absolute atomic E-state index is 12.7. The van der Waals surface area contributed by atoms with Crippen LogP contribution in [0.4, 0.5) is 5.69 Å². The third-order valence-electron chi connectivity index (χ3n) is 4.73. The minimum atomic E-state index is -0.574. The summed E-state index contributed by atoms with van der Waals surface area (Å²) in [6, 6.07) is 8.98. The van der Waals surface area contributed by atoms with Crippen LogP contribution in [0.15, 0.2) is 42.2 Å². The predicted octanol–water partition coefficient (Wildman–Crippen LogP) is 3.60. The highest BCUT2D eigenvalue weighted by Crippen LogP contribution is 2.38. The van der Waals surface area contributed by atoms with Crippen LogP contribution in [0.25, 0.3) is 6.08 Å². The lowest BCUT2D eigenvalue weighted by atomic mass is 10.0. The highest BCUT2D eigenvalue weighted by Gasteiger charge is 2.31. The van der Waals surface area contributed by atoms with E-state index in [0.29, 0.717) is 29.7 Å². The van der Waals surface area contributed by atoms with Crippen molar-refractivity contribution in [2.24, 2.45) is 0 Å². The molecule has 0 aliphatic carbocycles. The van der Waals surface area contributed by atoms with Gasteiger partial charge in [-0.05, 0) is 43.0 Å². The number of rotatable bonds is 4. The third-order valence-corrected chi connectivity index (χ3v) is 4.73. The number of ketones is 1. The van der Waals surface area contributed by atoms with Crippen molar-refractivity contribution in [2.75, 3.05) is 6.61 Å². The standard InChI is InChI=1S/C21H17NO7/c1-12-8-15(28-21(24)16-6-3-7-27-16)11-17-19(12)20(23)18(29-17)10-13-4-2-5-14(9-13)22(25)26/h2,4-5,8-11,16H,3,6-7H2,1H3/b18-10-. The van der Waals surface area contributed by atoms with Gasteiger partial charge in [-0.15, -0.1) is 0 Å². The molecule has 0 radical (unpaired) electrons. The van der Waals surface area contributed by atoms with E-state index in [-0.39, 0.29) is 28.7 Å². The molecule has 29 heavy (non-hydrogen) atoms. The number of carbonyl (C=O) groups is 2. The minimum absolute atomic E-state index is 0.0474. The number of Topliss-reactive ketones (excluding diaryl/α,β-unsaturated/α-hetero) is 1. The van der Waals surface area contributed by atoms with E-state index in [9.17, 15) is 19.7 Å². The van der Waals surface area contributed by atoms with Crippen molar-refractivity contribution in [3.63, 3.8) is 0 Å². The molecule has 0 bridgehead atoms. The number of fused-ring (bicyclic) bond motifs is 1. The van der Waals surface area contributed by atoms with Crippen molar-refractivity contribution in [3.05, 3.63) is 69.0 Å². The molecule has 8 nitrogen and oxygen atoms in total. The number of esters is 1. The average Bonchev–Trinajstić information content (AvgIpc) is 3.31. The molecule has 2 aromatic rings. The van der Waals surface area contributed by atoms with E-state index in [4.69, 9.17) is 14.2 Å². The first-order chi connectivity index (χ1) is 13.9. The number of allylic oxidation sites excluding steroid dienone is 1. The number of ether oxygens (including phenoxy) is 3. The van der Waals surface area contributed by atoms with Crippen molar-refractivity contribution in [2.45, 2.75) is 25.9 Å². The van der Waals surface area contributed by atoms with Crippen LogP contribution in [0, 0.1) is 17.0 Å². The molecule has 0 spiro atoms. The van der Waals surface area contributed by atoms with Crippen LogP contribution in [-0.4, -0.2) is 29.4 Å². The van der Waals surface area contributed by atoms with Crippen molar-refractivity contribution < 1.29 is 28.7 Å². The first-order valence-corrected chi connectivity index (χ1v) is 9.09. The third kappa shape index (κ3) is 3.74. The van der Waals surface area contributed by atoms with E-state index in [0.717, 1.165) is 6.42 Å². The number of non-ortho nitro benzene ring substituents is 1. The zero-order valence-electron chi connectivity index (χ0n) is 15.5. The molecule has 2 aromatic carbocycles. The second-order valence-electron chi connectivity index (χ2n) is 6.83. The molecule has 1 saturated heterocycles. The van der Waals surface area contributed by atoms with Crippen LogP contribution >= 0.6 is 0 Å². The SMILES string of the molecule is Cc1cc(OC(=O)C2CCCO2)cc2c1C(=O)/C(=C/c1cccc([N+](=O)[O-])c1)O2. The summed E-state index contributed by atoms with van der Waals surface area (Å²) in [6.07, 6.45) is 2.31. The Morgan fingerprint density at radius 1 is 1.31 bits per heavy atom. The van der Waals surface area contributed by atoms with Crippen LogP contribution in [0.5, 0.6) is 11.5 Å². The second kappa shape index (κ2) is 7.48. The van der Waals surface area contributed by atoms with Gasteiger partial charge in [0.05, 0.1) is 10.5 Å². The van der Waals surface area contributed by atoms with Gasteiger partial charge in [0.1, 0.15) is 11.5 Å². The Kier molecular flexibility index (Phi) is 4.85. The number of nitrogens with zero attached hydrogens (tertiary/aromatic N) is 1. The first-order valence-electron chi connectivity index (χ1n) is 9.09. The summed E-state index contributed by atoms with van der Waals surface area (Å²) in [7, 11) is 0. The van der Waals surface area contributed by atoms with Crippen molar-refractivity contribution >= 4 is 23.5 Å². The van der Waals surface area contributed by atoms with Gasteiger partial charge in [-0.1, -0.05) is 12.1 Å². The quantitative estimate of drug-likeness (QED) is 0.256. The van der Waals surface area contributed by atoms with Crippen LogP contribution in [0.3, 0.4) is 0 Å². The van der Waals surface area contributed by atoms with Crippen LogP contribution in [-0.2, 0) is 9.53 Å². The van der Waals surface area contributed by atoms with Crippen molar-refractivity contribution in [1.82, 2.24) is 0 Å². The molecule has 1 fully saturated rings. The van der Waals surface area contributed by atoms with Crippen LogP contribution < -0.4 is 9.47 Å². The Bertz CT molecular complexity index is 1050. The lowest BCUT2D eigenvalue weighted by molar-refractivity contribution is -0.384. The lowest BCUT2D eigenvalue weighted by Gasteiger charge is -2.11. The molecule has 2 aliphatic rings. The fourth-order valence-electron chi connectivity index (χ4n) is 3.36. The van der Waals surface area contributed by atoms with E-state index >= 15 is 0 Å². The zero-order valence-corrected chi connectivity index (χ0v) is 15.5. The van der Waals surface area contributed by atoms with E-state index in [1.165, 1.54) is 30.3 Å². The fraction of sp³-hybridized carbons (Fsp3) is 0.238. The molecule has 1 atom stereocenters. The number of nitro groups is 1. The Hall–Kier alpha value is -3.52. The monoisotopic (exact) mass is 395 g/mol. The Balaban J connectivity index is 1.59. The van der Waals surface area contributed by atoms with Gasteiger partial charge >= 0.3 is 5.97 Å². The number of aryl methyl sites for hydroxylation is 1. The molecule has 0 saturated carbocycles. The van der Waals surface area contributed by atoms with Gasteiger partial charge in [0.2, 0.25) is 5.78 Å². The van der Waals surface area contributed by atoms with E-state index < -0.39 is 17.0 Å². The first kappa shape index (κ1) is 18.8. The minimum Gasteiger partial charge on any atom is -0.452 e. The molecular weight excluding hydrogens is 378 g/mol. The van der Waals surface area contributed by atoms with Gasteiger partial charge in [0.15, 0.2) is 11.9 Å². The van der Waals surface area contributed by atoms with Crippen molar-refractivity contribution in [3.8, 4) is 11.5 Å². The number of carbonyl (C=O) groups excluding carboxylic acids is 2. The summed E-state index contributed by atoms with van der Waals surface area (Å²) in [5.41, 5.74) is 1.36. The number of hydrogen-bond donors (Lipinski definition) is 0. The van der Waals surface area contributed by atoms with Gasteiger partial charge in [-0.2, -0.15) is 0 Å². The van der Waals surface area contributed by atoms with Crippen LogP contribution in [0.2, 0.25) is 0 Å². The molecule has 4 rings (SSSR count). The summed E-state index contributed by atoms with van der Waals surface area (Å²) < 4.78 is 16.4. The van der Waals surface area contributed by atoms with Gasteiger partial charge in [0, 0.05) is 24.8 Å². The largest absolute Gasteiger partial charge is 0.452 e. The van der Waals surface area contributed by atoms with Crippen LogP contribution in [0.1, 0.15) is 34.3 Å². The summed E-state index contributed by atoms with van der Waals surface area (Å²) in [5, 5.41) is 10.9. The molecule has 8 heteroatoms. The van der Waals surface area contributed by atoms with Gasteiger partial charge in [-0.25, -0.2) is 4.79 Å². The van der Waals surface area contributed by atoms with E-state index in [1.807, 2.05) is 0 Å². The highest BCUT2D eigenvalue weighted by molar-refractivity contribution is 6.15. The highest BCUT2D eigenvalue weighted by atomic mass is 16.6. The maximum Gasteiger partial charge on any atom is 0.340 e. The van der Waals surface area contributed by atoms with Gasteiger partial charge in [0.25, 0.3) is 5.69 Å². The molecule has 148 valence electrons. The van der Waals surface area contributed by atoms with E-state index in [1.54, 1.807) is 19.1 Å². The topological polar surface area (TPSA) is 105 Å². The molecule has 0 amide bonds. The predicted molar refractivity (Wildman–Crippen MR) is 102 cm³/mol. The molecule has 2 heterocycles. The number of nitro benzene ring substituents is 1. The Morgan fingerprint density at radius 3 is 2.86 bits per heavy atom. The molecule has 2 aliphatic heterocycles. The Labute approximate surface area is 165 Å². The second-order valence-corrected chi connectivity index (χ2v) is 6.83. The number of hydrogen-bond acceptors (Lipinski definition) is 7. The summed E-state index contributed by atoms with van der Waals surface area (Å²) in [4.78, 5) is 35.3.